The van der Waals surface area contributed by atoms with Crippen LogP contribution in [0.4, 0.5) is 5.69 Å². The fourth-order valence-electron chi connectivity index (χ4n) is 2.32. The van der Waals surface area contributed by atoms with E-state index in [1.165, 1.54) is 19.4 Å². The average Bonchev–Trinajstić information content (AvgIpc) is 2.69. The second-order valence-electron chi connectivity index (χ2n) is 4.57. The van der Waals surface area contributed by atoms with Gasteiger partial charge in [-0.2, -0.15) is 0 Å². The van der Waals surface area contributed by atoms with Gasteiger partial charge < -0.3 is 15.4 Å². The van der Waals surface area contributed by atoms with E-state index in [4.69, 9.17) is 22.1 Å². The van der Waals surface area contributed by atoms with Crippen LogP contribution in [0, 0.1) is 0 Å². The molecule has 0 aromatic heterocycles. The van der Waals surface area contributed by atoms with E-state index in [-0.39, 0.29) is 0 Å². The Morgan fingerprint density at radius 1 is 1.53 bits per heavy atom. The molecule has 1 aromatic rings. The number of hydrogen-bond donors (Lipinski definition) is 1. The highest BCUT2D eigenvalue weighted by Crippen LogP contribution is 2.30. The predicted molar refractivity (Wildman–Crippen MR) is 71.6 cm³/mol. The number of anilines is 1. The first-order valence-electron chi connectivity index (χ1n) is 6.05. The molecule has 94 valence electrons. The van der Waals surface area contributed by atoms with Gasteiger partial charge in [-0.3, -0.25) is 0 Å². The van der Waals surface area contributed by atoms with E-state index < -0.39 is 0 Å². The molecule has 1 saturated heterocycles. The standard InChI is InChI=1S/C13H19ClN2O/c1-16-8-3-4-10(16)7-9-17-13-11(14)5-2-6-12(13)15/h2,5-6,10H,3-4,7-9,15H2,1H3. The van der Waals surface area contributed by atoms with Gasteiger partial charge in [0.15, 0.2) is 5.75 Å². The Morgan fingerprint density at radius 3 is 3.00 bits per heavy atom. The maximum Gasteiger partial charge on any atom is 0.160 e. The largest absolute Gasteiger partial charge is 0.490 e. The van der Waals surface area contributed by atoms with Crippen LogP contribution in [0.5, 0.6) is 5.75 Å². The summed E-state index contributed by atoms with van der Waals surface area (Å²) >= 11 is 6.04. The molecule has 2 rings (SSSR count). The first-order chi connectivity index (χ1) is 8.18. The summed E-state index contributed by atoms with van der Waals surface area (Å²) < 4.78 is 5.69. The number of benzene rings is 1. The Morgan fingerprint density at radius 2 is 2.35 bits per heavy atom. The zero-order valence-electron chi connectivity index (χ0n) is 10.2. The topological polar surface area (TPSA) is 38.5 Å². The number of hydrogen-bond acceptors (Lipinski definition) is 3. The molecule has 1 heterocycles. The predicted octanol–water partition coefficient (Wildman–Crippen LogP) is 2.79. The van der Waals surface area contributed by atoms with Crippen LogP contribution in [0.25, 0.3) is 0 Å². The van der Waals surface area contributed by atoms with Crippen LogP contribution in [0.3, 0.4) is 0 Å². The Kier molecular flexibility index (Phi) is 4.13. The summed E-state index contributed by atoms with van der Waals surface area (Å²) in [6.07, 6.45) is 3.58. The lowest BCUT2D eigenvalue weighted by Gasteiger charge is -2.19. The number of nitrogens with zero attached hydrogens (tertiary/aromatic N) is 1. The first kappa shape index (κ1) is 12.5. The van der Waals surface area contributed by atoms with Crippen molar-refractivity contribution in [1.29, 1.82) is 0 Å². The maximum absolute atomic E-state index is 6.04. The molecule has 0 bridgehead atoms. The fraction of sp³-hybridized carbons (Fsp3) is 0.538. The van der Waals surface area contributed by atoms with E-state index in [9.17, 15) is 0 Å². The van der Waals surface area contributed by atoms with Crippen molar-refractivity contribution >= 4 is 17.3 Å². The van der Waals surface area contributed by atoms with E-state index in [1.54, 1.807) is 6.07 Å². The van der Waals surface area contributed by atoms with Crippen molar-refractivity contribution in [2.75, 3.05) is 25.9 Å². The highest BCUT2D eigenvalue weighted by atomic mass is 35.5. The molecule has 1 fully saturated rings. The molecule has 3 nitrogen and oxygen atoms in total. The number of nitrogen functional groups attached to an aromatic ring is 1. The van der Waals surface area contributed by atoms with Gasteiger partial charge in [-0.15, -0.1) is 0 Å². The number of likely N-dealkylation sites (tertiary alicyclic amines) is 1. The first-order valence-corrected chi connectivity index (χ1v) is 6.43. The summed E-state index contributed by atoms with van der Waals surface area (Å²) in [5.74, 6) is 0.620. The summed E-state index contributed by atoms with van der Waals surface area (Å²) in [5, 5.41) is 0.588. The van der Waals surface area contributed by atoms with Crippen LogP contribution >= 0.6 is 11.6 Å². The van der Waals surface area contributed by atoms with Crippen molar-refractivity contribution in [2.45, 2.75) is 25.3 Å². The molecule has 1 aliphatic rings. The summed E-state index contributed by atoms with van der Waals surface area (Å²) in [7, 11) is 2.17. The molecule has 2 N–H and O–H groups in total. The third-order valence-electron chi connectivity index (χ3n) is 3.37. The van der Waals surface area contributed by atoms with Gasteiger partial charge in [0.2, 0.25) is 0 Å². The Labute approximate surface area is 107 Å². The lowest BCUT2D eigenvalue weighted by molar-refractivity contribution is 0.234. The van der Waals surface area contributed by atoms with E-state index in [0.717, 1.165) is 6.42 Å². The van der Waals surface area contributed by atoms with Crippen LogP contribution in [-0.2, 0) is 0 Å². The maximum atomic E-state index is 6.04. The average molecular weight is 255 g/mol. The van der Waals surface area contributed by atoms with Crippen LogP contribution in [0.1, 0.15) is 19.3 Å². The third kappa shape index (κ3) is 3.05. The van der Waals surface area contributed by atoms with Crippen molar-refractivity contribution in [3.63, 3.8) is 0 Å². The van der Waals surface area contributed by atoms with Crippen molar-refractivity contribution in [1.82, 2.24) is 4.90 Å². The Hall–Kier alpha value is -0.930. The molecule has 17 heavy (non-hydrogen) atoms. The number of nitrogens with two attached hydrogens (primary N) is 1. The van der Waals surface area contributed by atoms with Gasteiger partial charge >= 0.3 is 0 Å². The van der Waals surface area contributed by atoms with E-state index in [0.29, 0.717) is 29.1 Å². The van der Waals surface area contributed by atoms with Gasteiger partial charge in [-0.05, 0) is 45.0 Å². The molecule has 0 amide bonds. The normalized spacial score (nSPS) is 20.7. The highest BCUT2D eigenvalue weighted by Gasteiger charge is 2.20. The molecule has 1 unspecified atom stereocenters. The number of rotatable bonds is 4. The molecule has 1 aromatic carbocycles. The molecule has 4 heteroatoms. The Bertz CT molecular complexity index is 363. The number of para-hydroxylation sites is 1. The minimum atomic E-state index is 0.588. The lowest BCUT2D eigenvalue weighted by Crippen LogP contribution is -2.26. The molecule has 0 aliphatic carbocycles. The van der Waals surface area contributed by atoms with E-state index >= 15 is 0 Å². The molecular weight excluding hydrogens is 236 g/mol. The van der Waals surface area contributed by atoms with Crippen LogP contribution in [-0.4, -0.2) is 31.1 Å². The van der Waals surface area contributed by atoms with Gasteiger partial charge in [0.1, 0.15) is 0 Å². The monoisotopic (exact) mass is 254 g/mol. The summed E-state index contributed by atoms with van der Waals surface area (Å²) in [4.78, 5) is 2.39. The summed E-state index contributed by atoms with van der Waals surface area (Å²) in [6.45, 7) is 1.86. The van der Waals surface area contributed by atoms with Gasteiger partial charge in [0.05, 0.1) is 17.3 Å². The SMILES string of the molecule is CN1CCCC1CCOc1c(N)cccc1Cl. The molecule has 0 saturated carbocycles. The van der Waals surface area contributed by atoms with E-state index in [2.05, 4.69) is 11.9 Å². The smallest absolute Gasteiger partial charge is 0.160 e. The minimum absolute atomic E-state index is 0.588. The summed E-state index contributed by atoms with van der Waals surface area (Å²) in [5.41, 5.74) is 6.43. The zero-order valence-corrected chi connectivity index (χ0v) is 10.9. The van der Waals surface area contributed by atoms with Crippen molar-refractivity contribution in [3.05, 3.63) is 23.2 Å². The molecule has 0 spiro atoms. The summed E-state index contributed by atoms with van der Waals surface area (Å²) in [6, 6.07) is 6.08. The van der Waals surface area contributed by atoms with Gasteiger partial charge in [-0.1, -0.05) is 17.7 Å². The van der Waals surface area contributed by atoms with Crippen molar-refractivity contribution in [2.24, 2.45) is 0 Å². The number of ether oxygens (including phenoxy) is 1. The second-order valence-corrected chi connectivity index (χ2v) is 4.98. The van der Waals surface area contributed by atoms with Crippen LogP contribution in [0.15, 0.2) is 18.2 Å². The number of halogens is 1. The van der Waals surface area contributed by atoms with Crippen molar-refractivity contribution < 1.29 is 4.74 Å². The highest BCUT2D eigenvalue weighted by molar-refractivity contribution is 6.32. The fourth-order valence-corrected chi connectivity index (χ4v) is 2.56. The molecule has 1 aliphatic heterocycles. The van der Waals surface area contributed by atoms with E-state index in [1.807, 2.05) is 12.1 Å². The van der Waals surface area contributed by atoms with Gasteiger partial charge in [0.25, 0.3) is 0 Å². The lowest BCUT2D eigenvalue weighted by atomic mass is 10.1. The molecule has 0 radical (unpaired) electrons. The Balaban J connectivity index is 1.86. The van der Waals surface area contributed by atoms with Gasteiger partial charge in [0, 0.05) is 6.04 Å². The molecule has 1 atom stereocenters. The zero-order chi connectivity index (χ0) is 12.3. The van der Waals surface area contributed by atoms with Crippen LogP contribution in [0.2, 0.25) is 5.02 Å². The molecular formula is C13H19ClN2O. The van der Waals surface area contributed by atoms with Gasteiger partial charge in [-0.25, -0.2) is 0 Å². The van der Waals surface area contributed by atoms with Crippen molar-refractivity contribution in [3.8, 4) is 5.75 Å². The van der Waals surface area contributed by atoms with Crippen LogP contribution < -0.4 is 10.5 Å². The second kappa shape index (κ2) is 5.61. The quantitative estimate of drug-likeness (QED) is 0.840. The third-order valence-corrected chi connectivity index (χ3v) is 3.66. The minimum Gasteiger partial charge on any atom is -0.490 e.